The molecule has 0 aliphatic carbocycles. The Kier molecular flexibility index (Phi) is 7.73. The number of hydrogen-bond donors (Lipinski definition) is 3. The van der Waals surface area contributed by atoms with E-state index < -0.39 is 17.9 Å². The number of benzene rings is 1. The van der Waals surface area contributed by atoms with Crippen molar-refractivity contribution in [2.45, 2.75) is 19.4 Å². The molecular formula is C20H23N3O5S. The largest absolute Gasteiger partial charge is 0.493 e. The molecule has 0 fully saturated rings. The van der Waals surface area contributed by atoms with Gasteiger partial charge in [-0.3, -0.25) is 9.59 Å². The molecule has 0 bridgehead atoms. The maximum absolute atomic E-state index is 11.9. The summed E-state index contributed by atoms with van der Waals surface area (Å²) in [4.78, 5) is 30.0. The number of hydrogen-bond acceptors (Lipinski definition) is 7. The van der Waals surface area contributed by atoms with Crippen LogP contribution in [-0.2, 0) is 11.2 Å². The maximum Gasteiger partial charge on any atom is 0.277 e. The molecule has 8 nitrogen and oxygen atoms in total. The number of likely N-dealkylation sites (N-methyl/N-ethyl adjacent to an activating group) is 1. The highest BCUT2D eigenvalue weighted by molar-refractivity contribution is 7.14. The predicted molar refractivity (Wildman–Crippen MR) is 110 cm³/mol. The molecule has 1 unspecified atom stereocenters. The standard InChI is InChI=1S/C19H19N3O4S.CH4O/c1-3-22(2)19(25)13(23)6-4-11-5-7-14-12(10-11)16-15(8-9-26-14)27-18(21-16)17(20)24;1-2/h5,7,10,13,23H,3,8-9H2,1-2H3,(H2,20,24);2H,1H3. The van der Waals surface area contributed by atoms with Crippen LogP contribution in [0.4, 0.5) is 0 Å². The smallest absolute Gasteiger partial charge is 0.277 e. The van der Waals surface area contributed by atoms with Crippen LogP contribution in [-0.4, -0.2) is 65.3 Å². The number of ether oxygens (including phenoxy) is 1. The Morgan fingerprint density at radius 1 is 1.41 bits per heavy atom. The third kappa shape index (κ3) is 5.12. The van der Waals surface area contributed by atoms with Crippen LogP contribution in [0, 0.1) is 11.8 Å². The zero-order valence-corrected chi connectivity index (χ0v) is 17.2. The monoisotopic (exact) mass is 417 g/mol. The minimum Gasteiger partial charge on any atom is -0.493 e. The average Bonchev–Trinajstić information content (AvgIpc) is 3.10. The van der Waals surface area contributed by atoms with Crippen LogP contribution >= 0.6 is 11.3 Å². The molecule has 29 heavy (non-hydrogen) atoms. The molecule has 3 rings (SSSR count). The molecule has 1 aromatic heterocycles. The first-order valence-electron chi connectivity index (χ1n) is 8.86. The number of carbonyl (C=O) groups is 2. The molecule has 4 N–H and O–H groups in total. The number of carbonyl (C=O) groups excluding carboxylic acids is 2. The third-order valence-corrected chi connectivity index (χ3v) is 5.30. The van der Waals surface area contributed by atoms with Gasteiger partial charge in [-0.2, -0.15) is 0 Å². The number of aliphatic hydroxyl groups excluding tert-OH is 2. The zero-order chi connectivity index (χ0) is 21.6. The van der Waals surface area contributed by atoms with Gasteiger partial charge in [-0.05, 0) is 25.1 Å². The molecule has 154 valence electrons. The summed E-state index contributed by atoms with van der Waals surface area (Å²) in [5, 5.41) is 17.2. The van der Waals surface area contributed by atoms with Crippen molar-refractivity contribution in [3.8, 4) is 28.8 Å². The van der Waals surface area contributed by atoms with Crippen molar-refractivity contribution in [3.05, 3.63) is 33.6 Å². The van der Waals surface area contributed by atoms with Crippen molar-refractivity contribution in [3.63, 3.8) is 0 Å². The molecule has 1 aliphatic heterocycles. The molecule has 1 atom stereocenters. The second-order valence-electron chi connectivity index (χ2n) is 5.99. The molecule has 0 radical (unpaired) electrons. The Hall–Kier alpha value is -2.93. The molecule has 2 heterocycles. The van der Waals surface area contributed by atoms with Crippen LogP contribution in [0.15, 0.2) is 18.2 Å². The van der Waals surface area contributed by atoms with E-state index in [1.54, 1.807) is 25.2 Å². The lowest BCUT2D eigenvalue weighted by Gasteiger charge is -2.15. The second-order valence-corrected chi connectivity index (χ2v) is 7.07. The molecule has 0 spiro atoms. The summed E-state index contributed by atoms with van der Waals surface area (Å²) >= 11 is 1.26. The van der Waals surface area contributed by atoms with E-state index in [9.17, 15) is 14.7 Å². The Bertz CT molecular complexity index is 961. The Morgan fingerprint density at radius 2 is 2.14 bits per heavy atom. The Balaban J connectivity index is 0.00000145. The number of nitrogens with two attached hydrogens (primary N) is 1. The quantitative estimate of drug-likeness (QED) is 0.630. The van der Waals surface area contributed by atoms with Gasteiger partial charge in [-0.1, -0.05) is 11.8 Å². The predicted octanol–water partition coefficient (Wildman–Crippen LogP) is 0.643. The van der Waals surface area contributed by atoms with Crippen LogP contribution in [0.3, 0.4) is 0 Å². The van der Waals surface area contributed by atoms with E-state index in [0.29, 0.717) is 42.1 Å². The van der Waals surface area contributed by atoms with Gasteiger partial charge in [0.1, 0.15) is 5.75 Å². The fourth-order valence-electron chi connectivity index (χ4n) is 2.59. The van der Waals surface area contributed by atoms with E-state index in [0.717, 1.165) is 12.0 Å². The molecular weight excluding hydrogens is 394 g/mol. The number of primary amides is 1. The first kappa shape index (κ1) is 22.4. The van der Waals surface area contributed by atoms with E-state index in [-0.39, 0.29) is 5.01 Å². The van der Waals surface area contributed by atoms with Gasteiger partial charge < -0.3 is 25.6 Å². The molecule has 2 aromatic rings. The first-order chi connectivity index (χ1) is 13.9. The van der Waals surface area contributed by atoms with Gasteiger partial charge in [0.2, 0.25) is 0 Å². The number of rotatable bonds is 3. The summed E-state index contributed by atoms with van der Waals surface area (Å²) < 4.78 is 5.75. The van der Waals surface area contributed by atoms with Crippen LogP contribution in [0.1, 0.15) is 27.2 Å². The summed E-state index contributed by atoms with van der Waals surface area (Å²) in [6.07, 6.45) is -0.756. The van der Waals surface area contributed by atoms with Crippen molar-refractivity contribution >= 4 is 23.2 Å². The zero-order valence-electron chi connectivity index (χ0n) is 16.4. The fraction of sp³-hybridized carbons (Fsp3) is 0.350. The fourth-order valence-corrected chi connectivity index (χ4v) is 3.50. The summed E-state index contributed by atoms with van der Waals surface area (Å²) in [7, 11) is 2.60. The molecule has 1 aromatic carbocycles. The SMILES string of the molecule is CCN(C)C(=O)C(O)C#Cc1ccc2c(c1)-c1nc(C(N)=O)sc1CCO2.CO. The first-order valence-corrected chi connectivity index (χ1v) is 9.68. The lowest BCUT2D eigenvalue weighted by Crippen LogP contribution is -2.35. The topological polar surface area (TPSA) is 126 Å². The van der Waals surface area contributed by atoms with Gasteiger partial charge in [-0.25, -0.2) is 4.98 Å². The van der Waals surface area contributed by atoms with Gasteiger partial charge in [0.25, 0.3) is 11.8 Å². The molecule has 2 amide bonds. The van der Waals surface area contributed by atoms with Crippen molar-refractivity contribution in [1.29, 1.82) is 0 Å². The normalized spacial score (nSPS) is 12.4. The van der Waals surface area contributed by atoms with Gasteiger partial charge in [0.05, 0.1) is 12.3 Å². The van der Waals surface area contributed by atoms with Gasteiger partial charge >= 0.3 is 0 Å². The van der Waals surface area contributed by atoms with E-state index in [1.165, 1.54) is 16.2 Å². The maximum atomic E-state index is 11.9. The van der Waals surface area contributed by atoms with Gasteiger partial charge in [0.15, 0.2) is 11.1 Å². The van der Waals surface area contributed by atoms with Crippen LogP contribution in [0.25, 0.3) is 11.3 Å². The highest BCUT2D eigenvalue weighted by Crippen LogP contribution is 2.37. The lowest BCUT2D eigenvalue weighted by atomic mass is 10.1. The number of nitrogens with zero attached hydrogens (tertiary/aromatic N) is 2. The molecule has 9 heteroatoms. The van der Waals surface area contributed by atoms with Gasteiger partial charge in [0, 0.05) is 43.1 Å². The number of aromatic nitrogens is 1. The minimum atomic E-state index is -1.39. The van der Waals surface area contributed by atoms with Crippen molar-refractivity contribution in [1.82, 2.24) is 9.88 Å². The number of fused-ring (bicyclic) bond motifs is 3. The summed E-state index contributed by atoms with van der Waals surface area (Å²) in [5.41, 5.74) is 7.33. The van der Waals surface area contributed by atoms with Crippen molar-refractivity contribution in [2.24, 2.45) is 5.73 Å². The van der Waals surface area contributed by atoms with E-state index in [4.69, 9.17) is 15.6 Å². The van der Waals surface area contributed by atoms with Crippen LogP contribution in [0.5, 0.6) is 5.75 Å². The van der Waals surface area contributed by atoms with Crippen molar-refractivity contribution in [2.75, 3.05) is 27.3 Å². The van der Waals surface area contributed by atoms with Gasteiger partial charge in [-0.15, -0.1) is 11.3 Å². The van der Waals surface area contributed by atoms with Crippen LogP contribution in [0.2, 0.25) is 0 Å². The Morgan fingerprint density at radius 3 is 2.79 bits per heavy atom. The minimum absolute atomic E-state index is 0.257. The highest BCUT2D eigenvalue weighted by atomic mass is 32.1. The van der Waals surface area contributed by atoms with Crippen LogP contribution < -0.4 is 10.5 Å². The molecule has 0 saturated carbocycles. The summed E-state index contributed by atoms with van der Waals surface area (Å²) in [6.45, 7) is 2.78. The van der Waals surface area contributed by atoms with E-state index in [2.05, 4.69) is 16.8 Å². The number of thiazole rings is 1. The van der Waals surface area contributed by atoms with E-state index >= 15 is 0 Å². The number of aliphatic hydroxyl groups is 2. The third-order valence-electron chi connectivity index (χ3n) is 4.17. The Labute approximate surface area is 172 Å². The van der Waals surface area contributed by atoms with Crippen molar-refractivity contribution < 1.29 is 24.5 Å². The second kappa shape index (κ2) is 10.0. The average molecular weight is 417 g/mol. The molecule has 1 aliphatic rings. The summed E-state index contributed by atoms with van der Waals surface area (Å²) in [5.74, 6) is 5.01. The lowest BCUT2D eigenvalue weighted by molar-refractivity contribution is -0.135. The molecule has 0 saturated heterocycles. The highest BCUT2D eigenvalue weighted by Gasteiger charge is 2.22. The number of amides is 2. The summed E-state index contributed by atoms with van der Waals surface area (Å²) in [6, 6.07) is 5.29. The van der Waals surface area contributed by atoms with E-state index in [1.807, 2.05) is 6.92 Å².